The minimum atomic E-state index is -0.502. The number of hydrogen-bond donors (Lipinski definition) is 3. The number of nitrogens with one attached hydrogen (secondary N) is 2. The van der Waals surface area contributed by atoms with Crippen molar-refractivity contribution >= 4 is 24.2 Å². The molecule has 0 aromatic rings. The van der Waals surface area contributed by atoms with E-state index in [0.717, 1.165) is 19.3 Å². The summed E-state index contributed by atoms with van der Waals surface area (Å²) in [5.41, 5.74) is 5.69. The molecular weight excluding hydrogens is 314 g/mol. The van der Waals surface area contributed by atoms with Crippen LogP contribution in [0.5, 0.6) is 0 Å². The van der Waals surface area contributed by atoms with Crippen LogP contribution in [0.25, 0.3) is 0 Å². The van der Waals surface area contributed by atoms with E-state index < -0.39 is 6.04 Å². The molecule has 0 aromatic heterocycles. The first-order valence-electron chi connectivity index (χ1n) is 8.72. The van der Waals surface area contributed by atoms with Crippen LogP contribution < -0.4 is 16.4 Å². The third-order valence-electron chi connectivity index (χ3n) is 4.36. The summed E-state index contributed by atoms with van der Waals surface area (Å²) >= 11 is 0. The maximum Gasteiger partial charge on any atom is 0.242 e. The first-order chi connectivity index (χ1) is 10.4. The summed E-state index contributed by atoms with van der Waals surface area (Å²) in [6.45, 7) is 6.36. The molecule has 0 aromatic carbocycles. The van der Waals surface area contributed by atoms with E-state index >= 15 is 0 Å². The molecule has 136 valence electrons. The smallest absolute Gasteiger partial charge is 0.242 e. The van der Waals surface area contributed by atoms with Crippen molar-refractivity contribution < 1.29 is 9.59 Å². The van der Waals surface area contributed by atoms with Gasteiger partial charge in [-0.05, 0) is 38.0 Å². The van der Waals surface area contributed by atoms with Gasteiger partial charge in [0.2, 0.25) is 11.8 Å². The molecule has 1 aliphatic rings. The molecule has 6 heteroatoms. The van der Waals surface area contributed by atoms with Gasteiger partial charge < -0.3 is 16.4 Å². The number of amides is 2. The van der Waals surface area contributed by atoms with Crippen molar-refractivity contribution in [2.45, 2.75) is 77.8 Å². The summed E-state index contributed by atoms with van der Waals surface area (Å²) in [6.07, 6.45) is 7.40. The van der Waals surface area contributed by atoms with Gasteiger partial charge in [0.15, 0.2) is 0 Å². The monoisotopic (exact) mass is 347 g/mol. The zero-order valence-electron chi connectivity index (χ0n) is 14.8. The Hall–Kier alpha value is -0.810. The third-order valence-corrected chi connectivity index (χ3v) is 4.36. The predicted molar refractivity (Wildman–Crippen MR) is 96.5 cm³/mol. The van der Waals surface area contributed by atoms with Crippen molar-refractivity contribution in [3.05, 3.63) is 0 Å². The van der Waals surface area contributed by atoms with Gasteiger partial charge in [-0.25, -0.2) is 0 Å². The van der Waals surface area contributed by atoms with E-state index in [4.69, 9.17) is 5.73 Å². The Labute approximate surface area is 146 Å². The zero-order valence-corrected chi connectivity index (χ0v) is 15.6. The lowest BCUT2D eigenvalue weighted by Gasteiger charge is -2.23. The van der Waals surface area contributed by atoms with Gasteiger partial charge >= 0.3 is 0 Å². The van der Waals surface area contributed by atoms with Crippen molar-refractivity contribution in [3.8, 4) is 0 Å². The maximum absolute atomic E-state index is 12.1. The first kappa shape index (κ1) is 22.2. The van der Waals surface area contributed by atoms with Gasteiger partial charge in [-0.3, -0.25) is 9.59 Å². The van der Waals surface area contributed by atoms with E-state index in [2.05, 4.69) is 24.5 Å². The average Bonchev–Trinajstić information content (AvgIpc) is 2.46. The zero-order chi connectivity index (χ0) is 16.5. The van der Waals surface area contributed by atoms with E-state index in [1.807, 2.05) is 0 Å². The Bertz CT molecular complexity index is 358. The molecule has 0 bridgehead atoms. The summed E-state index contributed by atoms with van der Waals surface area (Å²) in [7, 11) is 0. The van der Waals surface area contributed by atoms with Crippen LogP contribution in [0.4, 0.5) is 0 Å². The van der Waals surface area contributed by atoms with Gasteiger partial charge in [-0.1, -0.05) is 33.1 Å². The van der Waals surface area contributed by atoms with Crippen LogP contribution in [0, 0.1) is 11.8 Å². The quantitative estimate of drug-likeness (QED) is 0.630. The van der Waals surface area contributed by atoms with Gasteiger partial charge in [0.05, 0.1) is 0 Å². The first-order valence-corrected chi connectivity index (χ1v) is 8.72. The molecule has 1 fully saturated rings. The molecule has 23 heavy (non-hydrogen) atoms. The van der Waals surface area contributed by atoms with Crippen LogP contribution in [0.2, 0.25) is 0 Å². The molecule has 0 spiro atoms. The molecule has 5 nitrogen and oxygen atoms in total. The lowest BCUT2D eigenvalue weighted by molar-refractivity contribution is -0.129. The molecule has 2 unspecified atom stereocenters. The molecule has 0 heterocycles. The van der Waals surface area contributed by atoms with Crippen LogP contribution in [0.3, 0.4) is 0 Å². The van der Waals surface area contributed by atoms with Crippen LogP contribution in [-0.2, 0) is 9.59 Å². The normalized spacial score (nSPS) is 18.0. The molecule has 0 aliphatic heterocycles. The number of carbonyl (C=O) groups is 2. The third kappa shape index (κ3) is 9.16. The SMILES string of the molecule is CC(C)CC(CN)NC(=O)C(C)NC(=O)CC1CCCCC1.Cl. The Balaban J connectivity index is 0.00000484. The largest absolute Gasteiger partial charge is 0.350 e. The van der Waals surface area contributed by atoms with Crippen molar-refractivity contribution in [1.82, 2.24) is 10.6 Å². The highest BCUT2D eigenvalue weighted by molar-refractivity contribution is 5.87. The molecule has 4 N–H and O–H groups in total. The average molecular weight is 348 g/mol. The van der Waals surface area contributed by atoms with Gasteiger partial charge in [0, 0.05) is 19.0 Å². The number of halogens is 1. The summed E-state index contributed by atoms with van der Waals surface area (Å²) in [5.74, 6) is 0.808. The highest BCUT2D eigenvalue weighted by Crippen LogP contribution is 2.26. The Morgan fingerprint density at radius 1 is 1.09 bits per heavy atom. The summed E-state index contributed by atoms with van der Waals surface area (Å²) in [5, 5.41) is 5.75. The molecule has 2 atom stereocenters. The number of nitrogens with two attached hydrogens (primary N) is 1. The summed E-state index contributed by atoms with van der Waals surface area (Å²) in [4.78, 5) is 24.2. The van der Waals surface area contributed by atoms with Crippen LogP contribution in [0.15, 0.2) is 0 Å². The lowest BCUT2D eigenvalue weighted by atomic mass is 9.87. The minimum absolute atomic E-state index is 0. The van der Waals surface area contributed by atoms with E-state index in [-0.39, 0.29) is 30.3 Å². The molecule has 2 amide bonds. The van der Waals surface area contributed by atoms with Crippen molar-refractivity contribution in [3.63, 3.8) is 0 Å². The van der Waals surface area contributed by atoms with Gasteiger partial charge in [0.25, 0.3) is 0 Å². The summed E-state index contributed by atoms with van der Waals surface area (Å²) in [6, 6.07) is -0.525. The molecule has 1 rings (SSSR count). The Morgan fingerprint density at radius 3 is 2.22 bits per heavy atom. The minimum Gasteiger partial charge on any atom is -0.350 e. The van der Waals surface area contributed by atoms with Crippen LogP contribution in [-0.4, -0.2) is 30.4 Å². The molecule has 0 saturated heterocycles. The highest BCUT2D eigenvalue weighted by Gasteiger charge is 2.22. The molecule has 1 aliphatic carbocycles. The van der Waals surface area contributed by atoms with E-state index in [1.54, 1.807) is 6.92 Å². The molecule has 1 saturated carbocycles. The molecule has 0 radical (unpaired) electrons. The standard InChI is InChI=1S/C17H33N3O2.ClH/c1-12(2)9-15(11-18)20-17(22)13(3)19-16(21)10-14-7-5-4-6-8-14;/h12-15H,4-11,18H2,1-3H3,(H,19,21)(H,20,22);1H. The van der Waals surface area contributed by atoms with Crippen LogP contribution >= 0.6 is 12.4 Å². The van der Waals surface area contributed by atoms with Crippen molar-refractivity contribution in [2.75, 3.05) is 6.54 Å². The Kier molecular flexibility index (Phi) is 11.3. The van der Waals surface area contributed by atoms with E-state index in [1.165, 1.54) is 19.3 Å². The molecular formula is C17H34ClN3O2. The second-order valence-corrected chi connectivity index (χ2v) is 7.07. The fourth-order valence-corrected chi connectivity index (χ4v) is 3.13. The van der Waals surface area contributed by atoms with Gasteiger partial charge in [0.1, 0.15) is 6.04 Å². The topological polar surface area (TPSA) is 84.2 Å². The number of carbonyl (C=O) groups excluding carboxylic acids is 2. The second-order valence-electron chi connectivity index (χ2n) is 7.07. The fourth-order valence-electron chi connectivity index (χ4n) is 3.13. The van der Waals surface area contributed by atoms with Crippen molar-refractivity contribution in [1.29, 1.82) is 0 Å². The van der Waals surface area contributed by atoms with E-state index in [0.29, 0.717) is 24.8 Å². The number of rotatable bonds is 8. The van der Waals surface area contributed by atoms with Gasteiger partial charge in [-0.2, -0.15) is 0 Å². The predicted octanol–water partition coefficient (Wildman–Crippen LogP) is 2.37. The van der Waals surface area contributed by atoms with Crippen LogP contribution in [0.1, 0.15) is 65.7 Å². The highest BCUT2D eigenvalue weighted by atomic mass is 35.5. The summed E-state index contributed by atoms with van der Waals surface area (Å²) < 4.78 is 0. The number of hydrogen-bond acceptors (Lipinski definition) is 3. The van der Waals surface area contributed by atoms with E-state index in [9.17, 15) is 9.59 Å². The van der Waals surface area contributed by atoms with Gasteiger partial charge in [-0.15, -0.1) is 12.4 Å². The Morgan fingerprint density at radius 2 is 1.70 bits per heavy atom. The fraction of sp³-hybridized carbons (Fsp3) is 0.882. The van der Waals surface area contributed by atoms with Crippen molar-refractivity contribution in [2.24, 2.45) is 17.6 Å². The lowest BCUT2D eigenvalue weighted by Crippen LogP contribution is -2.50. The maximum atomic E-state index is 12.1. The second kappa shape index (κ2) is 11.7.